The number of ether oxygens (including phenoxy) is 7. The first-order valence-corrected chi connectivity index (χ1v) is 13.5. The molecular weight excluding hydrogens is 624 g/mol. The normalized spacial score (nSPS) is 10.8. The summed E-state index contributed by atoms with van der Waals surface area (Å²) in [5.74, 6) is 2.31. The fourth-order valence-electron chi connectivity index (χ4n) is 4.04. The molecule has 1 amide bonds. The van der Waals surface area contributed by atoms with Crippen molar-refractivity contribution in [2.75, 3.05) is 60.4 Å². The first-order valence-electron chi connectivity index (χ1n) is 12.7. The number of hydrogen-bond acceptors (Lipinski definition) is 10. The fraction of sp³-hybridized carbons (Fsp3) is 0.226. The third kappa shape index (κ3) is 7.72. The average molecular weight is 658 g/mol. The maximum atomic E-state index is 13.0. The number of ketones is 1. The second kappa shape index (κ2) is 15.4. The van der Waals surface area contributed by atoms with Gasteiger partial charge in [0.1, 0.15) is 23.0 Å². The smallest absolute Gasteiger partial charge is 0.248 e. The lowest BCUT2D eigenvalue weighted by Crippen LogP contribution is -2.08. The van der Waals surface area contributed by atoms with Crippen molar-refractivity contribution in [1.82, 2.24) is 0 Å². The molecule has 2 N–H and O–H groups in total. The van der Waals surface area contributed by atoms with E-state index < -0.39 is 5.91 Å². The number of carbonyl (C=O) groups is 2. The second-order valence-electron chi connectivity index (χ2n) is 8.53. The molecule has 3 aromatic rings. The Kier molecular flexibility index (Phi) is 11.7. The van der Waals surface area contributed by atoms with Gasteiger partial charge < -0.3 is 43.8 Å². The molecule has 0 unspecified atom stereocenters. The highest BCUT2D eigenvalue weighted by Crippen LogP contribution is 2.45. The molecule has 0 saturated heterocycles. The van der Waals surface area contributed by atoms with E-state index in [4.69, 9.17) is 33.2 Å². The van der Waals surface area contributed by atoms with E-state index in [-0.39, 0.29) is 5.78 Å². The third-order valence-electron chi connectivity index (χ3n) is 6.13. The quantitative estimate of drug-likeness (QED) is 0.158. The summed E-state index contributed by atoms with van der Waals surface area (Å²) < 4.78 is 38.1. The number of rotatable bonds is 14. The van der Waals surface area contributed by atoms with Crippen LogP contribution in [0, 0.1) is 0 Å². The molecular formula is C31H33BrN2O9. The Balaban J connectivity index is 1.79. The van der Waals surface area contributed by atoms with Crippen molar-refractivity contribution in [1.29, 1.82) is 0 Å². The molecule has 0 spiro atoms. The molecule has 228 valence electrons. The van der Waals surface area contributed by atoms with Crippen LogP contribution in [0.4, 0.5) is 11.4 Å². The van der Waals surface area contributed by atoms with Crippen molar-refractivity contribution in [3.63, 3.8) is 0 Å². The number of nitrogens with one attached hydrogen (secondary N) is 2. The van der Waals surface area contributed by atoms with E-state index in [9.17, 15) is 9.59 Å². The summed E-state index contributed by atoms with van der Waals surface area (Å²) in [6, 6.07) is 9.98. The van der Waals surface area contributed by atoms with Gasteiger partial charge in [0.25, 0.3) is 0 Å². The average Bonchev–Trinajstić information content (AvgIpc) is 3.02. The van der Waals surface area contributed by atoms with Crippen molar-refractivity contribution in [3.8, 4) is 40.2 Å². The van der Waals surface area contributed by atoms with Gasteiger partial charge in [-0.25, -0.2) is 0 Å². The molecule has 0 aliphatic carbocycles. The summed E-state index contributed by atoms with van der Waals surface area (Å²) in [5, 5.41) is 5.84. The van der Waals surface area contributed by atoms with Gasteiger partial charge >= 0.3 is 0 Å². The van der Waals surface area contributed by atoms with E-state index in [1.165, 1.54) is 68.1 Å². The van der Waals surface area contributed by atoms with Crippen molar-refractivity contribution >= 4 is 45.1 Å². The molecule has 11 nitrogen and oxygen atoms in total. The number of halogens is 1. The summed E-state index contributed by atoms with van der Waals surface area (Å²) in [6.45, 7) is 0. The maximum absolute atomic E-state index is 13.0. The molecule has 0 radical (unpaired) electrons. The van der Waals surface area contributed by atoms with Gasteiger partial charge in [0, 0.05) is 41.7 Å². The van der Waals surface area contributed by atoms with Crippen molar-refractivity contribution in [3.05, 3.63) is 70.3 Å². The zero-order valence-electron chi connectivity index (χ0n) is 24.8. The SMILES string of the molecule is COc1cc(OC)c(/C=C/C(=O)Nc2ccc(OC)c(N/C=C\C(=O)c3cc(OC)c(OC)c(OC)c3Br)c2)c(OC)c1. The fourth-order valence-corrected chi connectivity index (χ4v) is 4.69. The van der Waals surface area contributed by atoms with Gasteiger partial charge in [0.2, 0.25) is 11.7 Å². The molecule has 0 saturated carbocycles. The number of methoxy groups -OCH3 is 7. The lowest BCUT2D eigenvalue weighted by molar-refractivity contribution is -0.111. The summed E-state index contributed by atoms with van der Waals surface area (Å²) in [4.78, 5) is 25.8. The van der Waals surface area contributed by atoms with Gasteiger partial charge in [-0.1, -0.05) is 0 Å². The number of anilines is 2. The molecule has 0 aromatic heterocycles. The molecule has 0 heterocycles. The first kappa shape index (κ1) is 32.7. The summed E-state index contributed by atoms with van der Waals surface area (Å²) in [5.41, 5.74) is 1.87. The van der Waals surface area contributed by atoms with E-state index in [0.29, 0.717) is 67.2 Å². The predicted molar refractivity (Wildman–Crippen MR) is 168 cm³/mol. The number of allylic oxidation sites excluding steroid dienone is 1. The number of benzene rings is 3. The van der Waals surface area contributed by atoms with E-state index in [1.807, 2.05) is 0 Å². The molecule has 3 aromatic carbocycles. The molecule has 12 heteroatoms. The largest absolute Gasteiger partial charge is 0.496 e. The second-order valence-corrected chi connectivity index (χ2v) is 9.33. The molecule has 0 bridgehead atoms. The van der Waals surface area contributed by atoms with Gasteiger partial charge in [-0.3, -0.25) is 9.59 Å². The topological polar surface area (TPSA) is 123 Å². The van der Waals surface area contributed by atoms with Crippen LogP contribution in [-0.4, -0.2) is 61.5 Å². The first-order chi connectivity index (χ1) is 20.7. The van der Waals surface area contributed by atoms with E-state index in [1.54, 1.807) is 42.5 Å². The van der Waals surface area contributed by atoms with Crippen molar-refractivity contribution < 1.29 is 42.7 Å². The minimum atomic E-state index is -0.394. The van der Waals surface area contributed by atoms with Gasteiger partial charge in [-0.2, -0.15) is 0 Å². The molecule has 0 aliphatic heterocycles. The van der Waals surface area contributed by atoms with Gasteiger partial charge in [-0.15, -0.1) is 0 Å². The van der Waals surface area contributed by atoms with Crippen LogP contribution in [0.1, 0.15) is 15.9 Å². The molecule has 0 aliphatic rings. The van der Waals surface area contributed by atoms with Gasteiger partial charge in [0.15, 0.2) is 17.3 Å². The predicted octanol–water partition coefficient (Wildman–Crippen LogP) is 5.97. The zero-order valence-corrected chi connectivity index (χ0v) is 26.4. The Morgan fingerprint density at radius 2 is 1.33 bits per heavy atom. The van der Waals surface area contributed by atoms with E-state index in [0.717, 1.165) is 0 Å². The van der Waals surface area contributed by atoms with Crippen LogP contribution < -0.4 is 43.8 Å². The lowest BCUT2D eigenvalue weighted by atomic mass is 10.1. The molecule has 43 heavy (non-hydrogen) atoms. The van der Waals surface area contributed by atoms with Crippen LogP contribution in [0.3, 0.4) is 0 Å². The number of hydrogen-bond donors (Lipinski definition) is 2. The van der Waals surface area contributed by atoms with Crippen LogP contribution in [-0.2, 0) is 4.79 Å². The molecule has 0 atom stereocenters. The van der Waals surface area contributed by atoms with E-state index >= 15 is 0 Å². The van der Waals surface area contributed by atoms with Crippen molar-refractivity contribution in [2.24, 2.45) is 0 Å². The summed E-state index contributed by atoms with van der Waals surface area (Å²) >= 11 is 3.42. The van der Waals surface area contributed by atoms with Gasteiger partial charge in [0.05, 0.1) is 65.5 Å². The Bertz CT molecular complexity index is 1510. The van der Waals surface area contributed by atoms with Crippen LogP contribution in [0.25, 0.3) is 6.08 Å². The highest BCUT2D eigenvalue weighted by molar-refractivity contribution is 9.10. The van der Waals surface area contributed by atoms with Crippen LogP contribution >= 0.6 is 15.9 Å². The highest BCUT2D eigenvalue weighted by Gasteiger charge is 2.22. The van der Waals surface area contributed by atoms with Crippen LogP contribution in [0.5, 0.6) is 40.2 Å². The Labute approximate surface area is 258 Å². The van der Waals surface area contributed by atoms with Crippen molar-refractivity contribution in [2.45, 2.75) is 0 Å². The summed E-state index contributed by atoms with van der Waals surface area (Å²) in [6.07, 6.45) is 5.75. The van der Waals surface area contributed by atoms with Gasteiger partial charge in [-0.05, 0) is 46.3 Å². The van der Waals surface area contributed by atoms with E-state index in [2.05, 4.69) is 26.6 Å². The molecule has 0 fully saturated rings. The lowest BCUT2D eigenvalue weighted by Gasteiger charge is -2.15. The Morgan fingerprint density at radius 1 is 0.698 bits per heavy atom. The Hall–Kier alpha value is -4.84. The molecule has 3 rings (SSSR count). The summed E-state index contributed by atoms with van der Waals surface area (Å²) in [7, 11) is 10.5. The minimum Gasteiger partial charge on any atom is -0.496 e. The number of carbonyl (C=O) groups excluding carboxylic acids is 2. The minimum absolute atomic E-state index is 0.303. The van der Waals surface area contributed by atoms with Crippen LogP contribution in [0.15, 0.2) is 59.2 Å². The zero-order chi connectivity index (χ0) is 31.5. The monoisotopic (exact) mass is 656 g/mol. The maximum Gasteiger partial charge on any atom is 0.248 e. The Morgan fingerprint density at radius 3 is 1.88 bits per heavy atom. The standard InChI is InChI=1S/C31H33BrN2O9/c1-37-19-15-25(39-3)20(26(16-19)40-4)9-11-28(36)34-18-8-10-24(38-2)22(14-18)33-13-12-23(35)21-17-27(41-5)30(42-6)31(43-7)29(21)32/h8-17,33H,1-7H3,(H,34,36)/b11-9+,13-12-. The van der Waals surface area contributed by atoms with Crippen LogP contribution in [0.2, 0.25) is 0 Å². The number of amides is 1. The highest BCUT2D eigenvalue weighted by atomic mass is 79.9. The third-order valence-corrected chi connectivity index (χ3v) is 6.92.